The first kappa shape index (κ1) is 12.8. The highest BCUT2D eigenvalue weighted by atomic mass is 16.5. The predicted molar refractivity (Wildman–Crippen MR) is 60.1 cm³/mol. The standard InChI is InChI=1S/C11H19N2O3/c1-6-16-8-7-9-12(14)10(2,3)11(4,5)13(9)15/h7-8H,6H2,1-5H3/b8-7-. The maximum Gasteiger partial charge on any atom is 0.312 e. The lowest BCUT2D eigenvalue weighted by Crippen LogP contribution is -2.53. The van der Waals surface area contributed by atoms with Gasteiger partial charge in [-0.05, 0) is 34.6 Å². The summed E-state index contributed by atoms with van der Waals surface area (Å²) in [7, 11) is 0. The van der Waals surface area contributed by atoms with Gasteiger partial charge >= 0.3 is 5.84 Å². The van der Waals surface area contributed by atoms with E-state index in [1.54, 1.807) is 27.7 Å². The van der Waals surface area contributed by atoms with Gasteiger partial charge in [0, 0.05) is 5.21 Å². The van der Waals surface area contributed by atoms with Crippen LogP contribution in [0.5, 0.6) is 0 Å². The van der Waals surface area contributed by atoms with E-state index in [2.05, 4.69) is 0 Å². The molecule has 0 N–H and O–H groups in total. The van der Waals surface area contributed by atoms with Gasteiger partial charge in [-0.15, -0.1) is 0 Å². The van der Waals surface area contributed by atoms with Gasteiger partial charge in [0.15, 0.2) is 5.54 Å². The van der Waals surface area contributed by atoms with E-state index in [-0.39, 0.29) is 5.84 Å². The van der Waals surface area contributed by atoms with Crippen molar-refractivity contribution in [3.05, 3.63) is 17.5 Å². The molecule has 0 unspecified atom stereocenters. The average molecular weight is 227 g/mol. The summed E-state index contributed by atoms with van der Waals surface area (Å²) in [5.74, 6) is 0.0865. The third-order valence-corrected chi connectivity index (χ3v) is 3.41. The normalized spacial score (nSPS) is 23.2. The van der Waals surface area contributed by atoms with Crippen LogP contribution in [-0.4, -0.2) is 33.3 Å². The summed E-state index contributed by atoms with van der Waals surface area (Å²) in [6.07, 6.45) is 2.79. The van der Waals surface area contributed by atoms with Gasteiger partial charge in [0.2, 0.25) is 0 Å². The van der Waals surface area contributed by atoms with E-state index in [1.807, 2.05) is 6.92 Å². The van der Waals surface area contributed by atoms with Crippen molar-refractivity contribution in [2.45, 2.75) is 45.7 Å². The zero-order valence-corrected chi connectivity index (χ0v) is 10.5. The molecule has 1 radical (unpaired) electrons. The molecule has 0 aromatic carbocycles. The third-order valence-electron chi connectivity index (χ3n) is 3.41. The maximum atomic E-state index is 12.0. The zero-order valence-electron chi connectivity index (χ0n) is 10.5. The minimum atomic E-state index is -0.763. The highest BCUT2D eigenvalue weighted by Crippen LogP contribution is 2.35. The number of hydrogen-bond acceptors (Lipinski definition) is 3. The first-order chi connectivity index (χ1) is 7.26. The summed E-state index contributed by atoms with van der Waals surface area (Å²) >= 11 is 0. The van der Waals surface area contributed by atoms with Crippen molar-refractivity contribution in [2.24, 2.45) is 0 Å². The van der Waals surface area contributed by atoms with Crippen LogP contribution in [0.1, 0.15) is 34.6 Å². The second kappa shape index (κ2) is 3.97. The van der Waals surface area contributed by atoms with E-state index in [0.717, 1.165) is 9.80 Å². The van der Waals surface area contributed by atoms with E-state index < -0.39 is 11.1 Å². The predicted octanol–water partition coefficient (Wildman–Crippen LogP) is 1.66. The smallest absolute Gasteiger partial charge is 0.312 e. The van der Waals surface area contributed by atoms with Gasteiger partial charge in [0.05, 0.1) is 18.9 Å². The van der Waals surface area contributed by atoms with E-state index in [1.165, 1.54) is 12.3 Å². The Morgan fingerprint density at radius 1 is 1.44 bits per heavy atom. The third kappa shape index (κ3) is 1.65. The molecule has 0 saturated carbocycles. The Hall–Kier alpha value is -1.23. The Balaban J connectivity index is 3.05. The van der Waals surface area contributed by atoms with Crippen molar-refractivity contribution in [1.29, 1.82) is 0 Å². The van der Waals surface area contributed by atoms with Crippen LogP contribution in [0.2, 0.25) is 0 Å². The fourth-order valence-corrected chi connectivity index (χ4v) is 1.49. The molecule has 0 aliphatic carbocycles. The molecule has 1 aliphatic rings. The van der Waals surface area contributed by atoms with Crippen LogP contribution in [0.3, 0.4) is 0 Å². The van der Waals surface area contributed by atoms with Gasteiger partial charge in [-0.3, -0.25) is 4.74 Å². The fourth-order valence-electron chi connectivity index (χ4n) is 1.49. The molecule has 91 valence electrons. The molecule has 0 atom stereocenters. The summed E-state index contributed by atoms with van der Waals surface area (Å²) in [5, 5.41) is 24.7. The van der Waals surface area contributed by atoms with Gasteiger partial charge < -0.3 is 9.94 Å². The number of hydrogen-bond donors (Lipinski definition) is 0. The highest BCUT2D eigenvalue weighted by Gasteiger charge is 2.58. The minimum Gasteiger partial charge on any atom is -0.714 e. The van der Waals surface area contributed by atoms with Gasteiger partial charge in [-0.25, -0.2) is 0 Å². The van der Waals surface area contributed by atoms with E-state index in [9.17, 15) is 10.4 Å². The Bertz CT molecular complexity index is 332. The van der Waals surface area contributed by atoms with Crippen LogP contribution in [-0.2, 0) is 9.94 Å². The molecule has 1 rings (SSSR count). The van der Waals surface area contributed by atoms with Crippen molar-refractivity contribution in [2.75, 3.05) is 6.61 Å². The van der Waals surface area contributed by atoms with Crippen molar-refractivity contribution in [1.82, 2.24) is 5.06 Å². The highest BCUT2D eigenvalue weighted by molar-refractivity contribution is 5.89. The molecular weight excluding hydrogens is 208 g/mol. The lowest BCUT2D eigenvalue weighted by Gasteiger charge is -2.32. The van der Waals surface area contributed by atoms with Crippen LogP contribution in [0.15, 0.2) is 12.3 Å². The molecule has 0 saturated heterocycles. The number of ether oxygens (including phenoxy) is 1. The minimum absolute atomic E-state index is 0.0865. The molecule has 0 fully saturated rings. The molecule has 5 heteroatoms. The van der Waals surface area contributed by atoms with Crippen LogP contribution in [0.4, 0.5) is 0 Å². The van der Waals surface area contributed by atoms with E-state index in [0.29, 0.717) is 6.61 Å². The number of nitrogens with zero attached hydrogens (tertiary/aromatic N) is 2. The summed E-state index contributed by atoms with van der Waals surface area (Å²) in [4.78, 5) is 0. The molecule has 0 bridgehead atoms. The molecule has 16 heavy (non-hydrogen) atoms. The Kier molecular flexibility index (Phi) is 3.19. The number of hydroxylamine groups is 3. The quantitative estimate of drug-likeness (QED) is 0.418. The van der Waals surface area contributed by atoms with Crippen LogP contribution < -0.4 is 0 Å². The van der Waals surface area contributed by atoms with E-state index >= 15 is 0 Å². The molecular formula is C11H19N2O3. The molecule has 5 nitrogen and oxygen atoms in total. The molecule has 0 spiro atoms. The van der Waals surface area contributed by atoms with Crippen LogP contribution in [0, 0.1) is 5.21 Å². The van der Waals surface area contributed by atoms with Crippen molar-refractivity contribution in [3.63, 3.8) is 0 Å². The summed E-state index contributed by atoms with van der Waals surface area (Å²) < 4.78 is 5.74. The SMILES string of the molecule is CCO/C=C\C1=[N+]([O-])C(C)(C)C(C)(C)N1[O]. The Morgan fingerprint density at radius 2 is 2.00 bits per heavy atom. The van der Waals surface area contributed by atoms with Crippen molar-refractivity contribution >= 4 is 5.84 Å². The van der Waals surface area contributed by atoms with Gasteiger partial charge in [-0.2, -0.15) is 0 Å². The molecule has 0 amide bonds. The Labute approximate surface area is 96.2 Å². The number of amidine groups is 1. The molecule has 0 aromatic rings. The van der Waals surface area contributed by atoms with Gasteiger partial charge in [0.1, 0.15) is 5.54 Å². The summed E-state index contributed by atoms with van der Waals surface area (Å²) in [6, 6.07) is 0. The maximum absolute atomic E-state index is 12.0. The lowest BCUT2D eigenvalue weighted by molar-refractivity contribution is -0.539. The monoisotopic (exact) mass is 227 g/mol. The molecule has 1 heterocycles. The summed E-state index contributed by atoms with van der Waals surface area (Å²) in [5.41, 5.74) is -1.53. The van der Waals surface area contributed by atoms with E-state index in [4.69, 9.17) is 4.74 Å². The largest absolute Gasteiger partial charge is 0.714 e. The van der Waals surface area contributed by atoms with Crippen molar-refractivity contribution in [3.8, 4) is 0 Å². The average Bonchev–Trinajstić information content (AvgIpc) is 2.31. The summed E-state index contributed by atoms with van der Waals surface area (Å²) in [6.45, 7) is 9.37. The Morgan fingerprint density at radius 3 is 2.38 bits per heavy atom. The molecule has 0 aromatic heterocycles. The van der Waals surface area contributed by atoms with Gasteiger partial charge in [0.25, 0.3) is 0 Å². The van der Waals surface area contributed by atoms with Crippen LogP contribution in [0.25, 0.3) is 0 Å². The first-order valence-corrected chi connectivity index (χ1v) is 5.36. The lowest BCUT2D eigenvalue weighted by atomic mass is 9.84. The zero-order chi connectivity index (χ0) is 12.6. The first-order valence-electron chi connectivity index (χ1n) is 5.36. The molecule has 1 aliphatic heterocycles. The van der Waals surface area contributed by atoms with Crippen LogP contribution >= 0.6 is 0 Å². The fraction of sp³-hybridized carbons (Fsp3) is 0.727. The second-order valence-corrected chi connectivity index (χ2v) is 4.82. The van der Waals surface area contributed by atoms with Crippen molar-refractivity contribution < 1.29 is 14.7 Å². The second-order valence-electron chi connectivity index (χ2n) is 4.82. The topological polar surface area (TPSA) is 58.4 Å². The number of rotatable bonds is 3. The van der Waals surface area contributed by atoms with Gasteiger partial charge in [-0.1, -0.05) is 5.06 Å².